The molecule has 0 bridgehead atoms. The van der Waals surface area contributed by atoms with Crippen molar-refractivity contribution in [3.63, 3.8) is 0 Å². The first-order valence-electron chi connectivity index (χ1n) is 6.42. The van der Waals surface area contributed by atoms with Crippen LogP contribution in [0.15, 0.2) is 29.2 Å². The number of hydrogen-bond donors (Lipinski definition) is 1. The van der Waals surface area contributed by atoms with Gasteiger partial charge in [0.25, 0.3) is 0 Å². The summed E-state index contributed by atoms with van der Waals surface area (Å²) >= 11 is 0. The van der Waals surface area contributed by atoms with E-state index in [1.54, 1.807) is 35.7 Å². The lowest BCUT2D eigenvalue weighted by Crippen LogP contribution is -2.39. The Morgan fingerprint density at radius 3 is 2.25 bits per heavy atom. The topological polar surface area (TPSA) is 72.6 Å². The number of nitrogens with zero attached hydrogens (tertiary/aromatic N) is 1. The van der Waals surface area contributed by atoms with Crippen molar-refractivity contribution < 1.29 is 13.2 Å². The van der Waals surface area contributed by atoms with Gasteiger partial charge in [-0.05, 0) is 49.6 Å². The zero-order valence-corrected chi connectivity index (χ0v) is 13.1. The predicted octanol–water partition coefficient (Wildman–Crippen LogP) is 1.48. The summed E-state index contributed by atoms with van der Waals surface area (Å²) in [6, 6.07) is 6.51. The molecule has 2 N–H and O–H groups in total. The number of rotatable bonds is 4. The number of halogens is 1. The highest BCUT2D eigenvalue weighted by molar-refractivity contribution is 7.89. The molecule has 7 heteroatoms. The fraction of sp³-hybridized carbons (Fsp3) is 0.538. The van der Waals surface area contributed by atoms with Crippen LogP contribution in [0.5, 0.6) is 5.75 Å². The third-order valence-corrected chi connectivity index (χ3v) is 5.52. The molecule has 1 saturated heterocycles. The van der Waals surface area contributed by atoms with E-state index >= 15 is 0 Å². The van der Waals surface area contributed by atoms with Crippen LogP contribution in [0.25, 0.3) is 0 Å². The van der Waals surface area contributed by atoms with Crippen LogP contribution < -0.4 is 10.5 Å². The van der Waals surface area contributed by atoms with Crippen molar-refractivity contribution in [1.29, 1.82) is 0 Å². The molecule has 1 heterocycles. The number of hydrogen-bond acceptors (Lipinski definition) is 4. The van der Waals surface area contributed by atoms with Crippen molar-refractivity contribution in [2.45, 2.75) is 17.7 Å². The molecule has 1 fully saturated rings. The van der Waals surface area contributed by atoms with E-state index in [1.165, 1.54) is 0 Å². The van der Waals surface area contributed by atoms with Gasteiger partial charge in [-0.15, -0.1) is 12.4 Å². The molecular formula is C13H21ClN2O3S. The first-order chi connectivity index (χ1) is 9.07. The van der Waals surface area contributed by atoms with Gasteiger partial charge in [0.05, 0.1) is 12.0 Å². The monoisotopic (exact) mass is 320 g/mol. The minimum atomic E-state index is -3.38. The molecule has 2 rings (SSSR count). The smallest absolute Gasteiger partial charge is 0.243 e. The van der Waals surface area contributed by atoms with E-state index in [4.69, 9.17) is 10.5 Å². The van der Waals surface area contributed by atoms with Gasteiger partial charge in [0.1, 0.15) is 5.75 Å². The summed E-state index contributed by atoms with van der Waals surface area (Å²) in [5.41, 5.74) is 5.62. The number of ether oxygens (including phenoxy) is 1. The van der Waals surface area contributed by atoms with Crippen LogP contribution in [0, 0.1) is 5.92 Å². The molecule has 1 aromatic rings. The molecule has 1 aliphatic rings. The van der Waals surface area contributed by atoms with Crippen LogP contribution in [0.4, 0.5) is 0 Å². The van der Waals surface area contributed by atoms with E-state index < -0.39 is 10.0 Å². The van der Waals surface area contributed by atoms with Gasteiger partial charge in [-0.1, -0.05) is 0 Å². The lowest BCUT2D eigenvalue weighted by atomic mass is 9.99. The lowest BCUT2D eigenvalue weighted by Gasteiger charge is -2.30. The molecule has 114 valence electrons. The fourth-order valence-corrected chi connectivity index (χ4v) is 3.75. The first-order valence-corrected chi connectivity index (χ1v) is 7.86. The highest BCUT2D eigenvalue weighted by Crippen LogP contribution is 2.24. The van der Waals surface area contributed by atoms with E-state index in [0.29, 0.717) is 36.2 Å². The van der Waals surface area contributed by atoms with E-state index in [2.05, 4.69) is 0 Å². The Labute approximate surface area is 126 Å². The van der Waals surface area contributed by atoms with Gasteiger partial charge in [-0.2, -0.15) is 4.31 Å². The average Bonchev–Trinajstić information content (AvgIpc) is 2.47. The standard InChI is InChI=1S/C13H20N2O3S.ClH/c1-18-12-2-4-13(5-3-12)19(16,17)15-8-6-11(10-14)7-9-15;/h2-5,11H,6-10,14H2,1H3;1H. The third-order valence-electron chi connectivity index (χ3n) is 3.60. The maximum atomic E-state index is 12.4. The Morgan fingerprint density at radius 2 is 1.80 bits per heavy atom. The highest BCUT2D eigenvalue weighted by Gasteiger charge is 2.28. The summed E-state index contributed by atoms with van der Waals surface area (Å²) in [6.07, 6.45) is 1.68. The number of sulfonamides is 1. The minimum Gasteiger partial charge on any atom is -0.497 e. The fourth-order valence-electron chi connectivity index (χ4n) is 2.28. The molecule has 1 aliphatic heterocycles. The summed E-state index contributed by atoms with van der Waals surface area (Å²) in [5, 5.41) is 0. The molecule has 0 radical (unpaired) electrons. The molecule has 0 atom stereocenters. The second kappa shape index (κ2) is 7.26. The molecule has 0 amide bonds. The van der Waals surface area contributed by atoms with Crippen LogP contribution in [0.1, 0.15) is 12.8 Å². The summed E-state index contributed by atoms with van der Waals surface area (Å²) in [5.74, 6) is 1.10. The van der Waals surface area contributed by atoms with Crippen LogP contribution in [0.2, 0.25) is 0 Å². The van der Waals surface area contributed by atoms with Gasteiger partial charge in [0.2, 0.25) is 10.0 Å². The maximum absolute atomic E-state index is 12.4. The first kappa shape index (κ1) is 17.2. The second-order valence-electron chi connectivity index (χ2n) is 4.76. The normalized spacial score (nSPS) is 17.5. The lowest BCUT2D eigenvalue weighted by molar-refractivity contribution is 0.278. The molecule has 20 heavy (non-hydrogen) atoms. The summed E-state index contributed by atoms with van der Waals surface area (Å²) < 4.78 is 31.4. The quantitative estimate of drug-likeness (QED) is 0.912. The maximum Gasteiger partial charge on any atom is 0.243 e. The van der Waals surface area contributed by atoms with E-state index in [9.17, 15) is 8.42 Å². The molecule has 0 aliphatic carbocycles. The summed E-state index contributed by atoms with van der Waals surface area (Å²) in [7, 11) is -1.83. The number of piperidine rings is 1. The Bertz CT molecular complexity index is 511. The van der Waals surface area contributed by atoms with E-state index in [1.807, 2.05) is 0 Å². The summed E-state index contributed by atoms with van der Waals surface area (Å²) in [4.78, 5) is 0.319. The van der Waals surface area contributed by atoms with Crippen molar-refractivity contribution in [2.75, 3.05) is 26.7 Å². The third kappa shape index (κ3) is 3.63. The van der Waals surface area contributed by atoms with Crippen molar-refractivity contribution in [3.05, 3.63) is 24.3 Å². The van der Waals surface area contributed by atoms with Gasteiger partial charge in [0.15, 0.2) is 0 Å². The molecule has 1 aromatic carbocycles. The predicted molar refractivity (Wildman–Crippen MR) is 80.8 cm³/mol. The number of benzene rings is 1. The molecule has 5 nitrogen and oxygen atoms in total. The van der Waals surface area contributed by atoms with E-state index in [0.717, 1.165) is 12.8 Å². The zero-order chi connectivity index (χ0) is 13.9. The average molecular weight is 321 g/mol. The van der Waals surface area contributed by atoms with Gasteiger partial charge >= 0.3 is 0 Å². The van der Waals surface area contributed by atoms with Gasteiger partial charge in [-0.25, -0.2) is 8.42 Å². The highest BCUT2D eigenvalue weighted by atomic mass is 35.5. The van der Waals surface area contributed by atoms with Crippen LogP contribution in [-0.2, 0) is 10.0 Å². The van der Waals surface area contributed by atoms with Crippen LogP contribution >= 0.6 is 12.4 Å². The largest absolute Gasteiger partial charge is 0.497 e. The second-order valence-corrected chi connectivity index (χ2v) is 6.70. The van der Waals surface area contributed by atoms with Gasteiger partial charge in [-0.3, -0.25) is 0 Å². The van der Waals surface area contributed by atoms with E-state index in [-0.39, 0.29) is 12.4 Å². The number of methoxy groups -OCH3 is 1. The van der Waals surface area contributed by atoms with Crippen molar-refractivity contribution in [1.82, 2.24) is 4.31 Å². The molecule has 0 saturated carbocycles. The van der Waals surface area contributed by atoms with Gasteiger partial charge < -0.3 is 10.5 Å². The Balaban J connectivity index is 0.00000200. The SMILES string of the molecule is COc1ccc(S(=O)(=O)N2CCC(CN)CC2)cc1.Cl. The Hall–Kier alpha value is -0.820. The summed E-state index contributed by atoms with van der Waals surface area (Å²) in [6.45, 7) is 1.74. The van der Waals surface area contributed by atoms with Crippen molar-refractivity contribution >= 4 is 22.4 Å². The molecule has 0 unspecified atom stereocenters. The van der Waals surface area contributed by atoms with Crippen LogP contribution in [0.3, 0.4) is 0 Å². The molecule has 0 aromatic heterocycles. The zero-order valence-electron chi connectivity index (χ0n) is 11.5. The van der Waals surface area contributed by atoms with Gasteiger partial charge in [0, 0.05) is 13.1 Å². The minimum absolute atomic E-state index is 0. The molecular weight excluding hydrogens is 300 g/mol. The van der Waals surface area contributed by atoms with Crippen molar-refractivity contribution in [2.24, 2.45) is 11.7 Å². The molecule has 0 spiro atoms. The number of nitrogens with two attached hydrogens (primary N) is 1. The Kier molecular flexibility index (Phi) is 6.26. The van der Waals surface area contributed by atoms with Crippen molar-refractivity contribution in [3.8, 4) is 5.75 Å². The van der Waals surface area contributed by atoms with Crippen LogP contribution in [-0.4, -0.2) is 39.5 Å². The Morgan fingerprint density at radius 1 is 1.25 bits per heavy atom.